The molecule has 5 atom stereocenters. The van der Waals surface area contributed by atoms with Crippen molar-refractivity contribution in [3.05, 3.63) is 205 Å². The van der Waals surface area contributed by atoms with Crippen molar-refractivity contribution in [3.63, 3.8) is 0 Å². The van der Waals surface area contributed by atoms with Crippen LogP contribution in [0.4, 0.5) is 17.1 Å². The van der Waals surface area contributed by atoms with E-state index in [4.69, 9.17) is 0 Å². The Labute approximate surface area is 345 Å². The van der Waals surface area contributed by atoms with Crippen LogP contribution in [-0.4, -0.2) is 4.57 Å². The van der Waals surface area contributed by atoms with E-state index in [9.17, 15) is 0 Å². The van der Waals surface area contributed by atoms with E-state index >= 15 is 0 Å². The Hall–Kier alpha value is -6.64. The number of allylic oxidation sites excluding steroid dienone is 2. The fourth-order valence-corrected chi connectivity index (χ4v) is 12.4. The number of anilines is 3. The highest BCUT2D eigenvalue weighted by Gasteiger charge is 2.63. The lowest BCUT2D eigenvalue weighted by Crippen LogP contribution is -2.36. The van der Waals surface area contributed by atoms with Crippen LogP contribution in [0.1, 0.15) is 31.2 Å². The van der Waals surface area contributed by atoms with Gasteiger partial charge >= 0.3 is 0 Å². The zero-order chi connectivity index (χ0) is 38.7. The molecule has 0 aliphatic heterocycles. The maximum absolute atomic E-state index is 2.71. The lowest BCUT2D eigenvalue weighted by molar-refractivity contribution is 0.0863. The highest BCUT2D eigenvalue weighted by atomic mass is 15.1. The van der Waals surface area contributed by atoms with Gasteiger partial charge in [-0.2, -0.15) is 0 Å². The SMILES string of the molecule is C1=C2C3C4C[C@H]1CC2(c1cccc(N(c2ccc(-c5ccccc5-n5c6ccccc6c6ccccc65)cc2)c2ccc(-c5cccc6ccccc56)cc2)c1)C[C@@H]3C4. The lowest BCUT2D eigenvalue weighted by atomic mass is 9.60. The van der Waals surface area contributed by atoms with Crippen LogP contribution in [0.15, 0.2) is 200 Å². The molecule has 13 rings (SSSR count). The summed E-state index contributed by atoms with van der Waals surface area (Å²) in [6.07, 6.45) is 8.20. The van der Waals surface area contributed by atoms with E-state index in [1.165, 1.54) is 97.5 Å². The normalized spacial score (nSPS) is 22.5. The van der Waals surface area contributed by atoms with Gasteiger partial charge in [-0.25, -0.2) is 0 Å². The van der Waals surface area contributed by atoms with E-state index in [2.05, 4.69) is 204 Å². The molecule has 4 aliphatic rings. The highest BCUT2D eigenvalue weighted by Crippen LogP contribution is 2.71. The molecule has 4 aliphatic carbocycles. The number of aromatic nitrogens is 1. The van der Waals surface area contributed by atoms with Crippen LogP contribution in [0.2, 0.25) is 0 Å². The monoisotopic (exact) mass is 756 g/mol. The van der Waals surface area contributed by atoms with E-state index in [0.717, 1.165) is 35.0 Å². The average molecular weight is 757 g/mol. The van der Waals surface area contributed by atoms with Gasteiger partial charge < -0.3 is 9.47 Å². The van der Waals surface area contributed by atoms with Gasteiger partial charge in [0.25, 0.3) is 0 Å². The Morgan fingerprint density at radius 3 is 1.85 bits per heavy atom. The molecule has 59 heavy (non-hydrogen) atoms. The predicted octanol–water partition coefficient (Wildman–Crippen LogP) is 15.0. The number of hydrogen-bond donors (Lipinski definition) is 0. The molecule has 1 aromatic heterocycles. The number of nitrogens with zero attached hydrogens (tertiary/aromatic N) is 2. The standard InChI is InChI=1S/C57H44N2/c1-2-15-47-38(11-1)12-9-19-48(47)39-23-27-44(28-24-39)58(46-14-10-13-43(34-46)57-35-37-31-41-33-42(36-57)56(41)52(57)32-37)45-29-25-40(26-30-45)49-16-3-6-20-53(49)59-54-21-7-4-17-50(54)51-18-5-8-22-55(51)59/h1-30,32,34,37,41-42,56H,31,33,35-36H2/t37-,41?,42+,56?,57?/m1/s1. The first kappa shape index (κ1) is 33.3. The van der Waals surface area contributed by atoms with Crippen molar-refractivity contribution < 1.29 is 0 Å². The second-order valence-corrected chi connectivity index (χ2v) is 17.8. The van der Waals surface area contributed by atoms with Crippen molar-refractivity contribution in [3.8, 4) is 27.9 Å². The molecule has 2 fully saturated rings. The molecule has 0 N–H and O–H groups in total. The molecule has 8 aromatic carbocycles. The zero-order valence-electron chi connectivity index (χ0n) is 33.0. The van der Waals surface area contributed by atoms with Crippen molar-refractivity contribution in [2.75, 3.05) is 4.90 Å². The first-order valence-corrected chi connectivity index (χ1v) is 21.6. The maximum Gasteiger partial charge on any atom is 0.0541 e. The quantitative estimate of drug-likeness (QED) is 0.147. The number of benzene rings is 8. The minimum atomic E-state index is 0.214. The molecule has 0 saturated heterocycles. The van der Waals surface area contributed by atoms with Crippen molar-refractivity contribution >= 4 is 49.6 Å². The number of hydrogen-bond acceptors (Lipinski definition) is 1. The van der Waals surface area contributed by atoms with Gasteiger partial charge in [-0.3, -0.25) is 0 Å². The van der Waals surface area contributed by atoms with E-state index < -0.39 is 0 Å². The van der Waals surface area contributed by atoms with E-state index in [-0.39, 0.29) is 5.41 Å². The molecule has 0 radical (unpaired) electrons. The van der Waals surface area contributed by atoms with E-state index in [1.807, 2.05) is 0 Å². The Kier molecular flexibility index (Phi) is 7.17. The summed E-state index contributed by atoms with van der Waals surface area (Å²) < 4.78 is 2.44. The highest BCUT2D eigenvalue weighted by molar-refractivity contribution is 6.09. The Balaban J connectivity index is 0.928. The molecule has 282 valence electrons. The Morgan fingerprint density at radius 1 is 0.475 bits per heavy atom. The number of fused-ring (bicyclic) bond motifs is 5. The third-order valence-corrected chi connectivity index (χ3v) is 14.8. The van der Waals surface area contributed by atoms with Crippen molar-refractivity contribution in [1.29, 1.82) is 0 Å². The molecule has 0 spiro atoms. The fraction of sp³-hybridized carbons (Fsp3) is 0.158. The summed E-state index contributed by atoms with van der Waals surface area (Å²) in [7, 11) is 0. The summed E-state index contributed by atoms with van der Waals surface area (Å²) in [5.74, 6) is 3.42. The Bertz CT molecular complexity index is 3090. The first-order valence-electron chi connectivity index (χ1n) is 21.6. The molecule has 2 saturated carbocycles. The van der Waals surface area contributed by atoms with Gasteiger partial charge in [0.15, 0.2) is 0 Å². The van der Waals surface area contributed by atoms with Crippen LogP contribution in [0, 0.1) is 23.7 Å². The second-order valence-electron chi connectivity index (χ2n) is 17.8. The summed E-state index contributed by atoms with van der Waals surface area (Å²) in [5.41, 5.74) is 15.6. The molecule has 3 unspecified atom stereocenters. The van der Waals surface area contributed by atoms with E-state index in [0.29, 0.717) is 0 Å². The van der Waals surface area contributed by atoms with Gasteiger partial charge in [-0.05, 0) is 137 Å². The van der Waals surface area contributed by atoms with Gasteiger partial charge in [0.05, 0.1) is 16.7 Å². The third-order valence-electron chi connectivity index (χ3n) is 14.8. The summed E-state index contributed by atoms with van der Waals surface area (Å²) in [6, 6.07) is 70.0. The number of rotatable bonds is 7. The minimum Gasteiger partial charge on any atom is -0.310 e. The average Bonchev–Trinajstić information content (AvgIpc) is 3.89. The van der Waals surface area contributed by atoms with Crippen LogP contribution in [0.3, 0.4) is 0 Å². The molecule has 1 heterocycles. The molecule has 0 amide bonds. The van der Waals surface area contributed by atoms with Gasteiger partial charge in [-0.15, -0.1) is 0 Å². The van der Waals surface area contributed by atoms with Gasteiger partial charge in [0, 0.05) is 38.8 Å². The smallest absolute Gasteiger partial charge is 0.0541 e. The summed E-state index contributed by atoms with van der Waals surface area (Å²) in [4.78, 5) is 2.48. The van der Waals surface area contributed by atoms with Crippen LogP contribution in [-0.2, 0) is 5.41 Å². The van der Waals surface area contributed by atoms with Crippen molar-refractivity contribution in [2.45, 2.75) is 31.1 Å². The maximum atomic E-state index is 2.71. The largest absolute Gasteiger partial charge is 0.310 e. The van der Waals surface area contributed by atoms with Gasteiger partial charge in [0.1, 0.15) is 0 Å². The number of para-hydroxylation sites is 3. The second kappa shape index (κ2) is 12.7. The molecule has 2 nitrogen and oxygen atoms in total. The molecule has 2 bridgehead atoms. The van der Waals surface area contributed by atoms with Crippen molar-refractivity contribution in [2.24, 2.45) is 23.7 Å². The zero-order valence-corrected chi connectivity index (χ0v) is 33.0. The fourth-order valence-electron chi connectivity index (χ4n) is 12.4. The summed E-state index contributed by atoms with van der Waals surface area (Å²) in [6.45, 7) is 0. The Morgan fingerprint density at radius 2 is 1.08 bits per heavy atom. The summed E-state index contributed by atoms with van der Waals surface area (Å²) in [5, 5.41) is 5.11. The predicted molar refractivity (Wildman–Crippen MR) is 246 cm³/mol. The third kappa shape index (κ3) is 4.93. The lowest BCUT2D eigenvalue weighted by Gasteiger charge is -2.44. The molecule has 2 heteroatoms. The van der Waals surface area contributed by atoms with Gasteiger partial charge in [0.2, 0.25) is 0 Å². The topological polar surface area (TPSA) is 8.17 Å². The molecule has 9 aromatic rings. The molecular formula is C57H44N2. The van der Waals surface area contributed by atoms with Gasteiger partial charge in [-0.1, -0.05) is 145 Å². The minimum absolute atomic E-state index is 0.214. The van der Waals surface area contributed by atoms with Crippen LogP contribution < -0.4 is 4.90 Å². The van der Waals surface area contributed by atoms with E-state index in [1.54, 1.807) is 5.57 Å². The van der Waals surface area contributed by atoms with Crippen LogP contribution in [0.25, 0.3) is 60.5 Å². The summed E-state index contributed by atoms with van der Waals surface area (Å²) >= 11 is 0. The van der Waals surface area contributed by atoms with Crippen molar-refractivity contribution in [1.82, 2.24) is 4.57 Å². The molecular weight excluding hydrogens is 713 g/mol. The van der Waals surface area contributed by atoms with Crippen LogP contribution >= 0.6 is 0 Å². The van der Waals surface area contributed by atoms with Crippen LogP contribution in [0.5, 0.6) is 0 Å². The first-order chi connectivity index (χ1) is 29.2.